The molecule has 0 atom stereocenters. The number of nitrogen functional groups attached to an aromatic ring is 2. The summed E-state index contributed by atoms with van der Waals surface area (Å²) in [5, 5.41) is 8.20. The van der Waals surface area contributed by atoms with Crippen LogP contribution in [0.5, 0.6) is 0 Å². The number of aryl methyl sites for hydroxylation is 1. The van der Waals surface area contributed by atoms with E-state index in [2.05, 4.69) is 15.6 Å². The Bertz CT molecular complexity index is 563. The molecule has 0 radical (unpaired) electrons. The average Bonchev–Trinajstić information content (AvgIpc) is 2.92. The number of thioether (sulfide) groups is 1. The molecule has 0 saturated carbocycles. The minimum Gasteiger partial charge on any atom is -0.336 e. The van der Waals surface area contributed by atoms with Gasteiger partial charge in [-0.15, -0.1) is 21.5 Å². The second-order valence-electron chi connectivity index (χ2n) is 3.47. The van der Waals surface area contributed by atoms with Gasteiger partial charge < -0.3 is 5.84 Å². The molecule has 5 N–H and O–H groups in total. The van der Waals surface area contributed by atoms with Gasteiger partial charge in [-0.3, -0.25) is 10.2 Å². The van der Waals surface area contributed by atoms with E-state index in [-0.39, 0.29) is 5.91 Å². The maximum Gasteiger partial charge on any atom is 0.275 e. The summed E-state index contributed by atoms with van der Waals surface area (Å²) in [7, 11) is 0. The molecule has 2 aromatic rings. The Hall–Kier alpha value is -1.58. The third-order valence-corrected chi connectivity index (χ3v) is 4.37. The molecule has 0 aromatic carbocycles. The summed E-state index contributed by atoms with van der Waals surface area (Å²) in [4.78, 5) is 13.1. The highest BCUT2D eigenvalue weighted by atomic mass is 32.2. The minimum atomic E-state index is -0.277. The first-order valence-corrected chi connectivity index (χ1v) is 6.80. The Morgan fingerprint density at radius 3 is 3.06 bits per heavy atom. The molecule has 0 aliphatic rings. The van der Waals surface area contributed by atoms with Gasteiger partial charge in [-0.1, -0.05) is 11.8 Å². The molecule has 0 saturated heterocycles. The Morgan fingerprint density at radius 2 is 2.44 bits per heavy atom. The first-order valence-electron chi connectivity index (χ1n) is 5.00. The summed E-state index contributed by atoms with van der Waals surface area (Å²) in [6, 6.07) is 1.83. The van der Waals surface area contributed by atoms with Gasteiger partial charge in [0.15, 0.2) is 0 Å². The molecular weight excluding hydrogens is 272 g/mol. The fourth-order valence-corrected chi connectivity index (χ4v) is 3.25. The van der Waals surface area contributed by atoms with Crippen LogP contribution in [0.2, 0.25) is 0 Å². The number of nitrogens with one attached hydrogen (secondary N) is 1. The lowest BCUT2D eigenvalue weighted by atomic mass is 10.3. The summed E-state index contributed by atoms with van der Waals surface area (Å²) >= 11 is 2.87. The molecule has 1 amide bonds. The van der Waals surface area contributed by atoms with Crippen molar-refractivity contribution < 1.29 is 4.79 Å². The van der Waals surface area contributed by atoms with Crippen molar-refractivity contribution in [1.82, 2.24) is 20.3 Å². The van der Waals surface area contributed by atoms with Crippen LogP contribution in [-0.2, 0) is 5.75 Å². The molecule has 96 valence electrons. The first kappa shape index (κ1) is 12.9. The monoisotopic (exact) mass is 284 g/mol. The second kappa shape index (κ2) is 5.38. The number of thiophene rings is 1. The van der Waals surface area contributed by atoms with Gasteiger partial charge in [0.1, 0.15) is 6.33 Å². The zero-order chi connectivity index (χ0) is 13.1. The number of hydrazine groups is 1. The van der Waals surface area contributed by atoms with Gasteiger partial charge in [-0.25, -0.2) is 10.5 Å². The van der Waals surface area contributed by atoms with Crippen LogP contribution in [0.15, 0.2) is 17.6 Å². The van der Waals surface area contributed by atoms with Gasteiger partial charge >= 0.3 is 0 Å². The van der Waals surface area contributed by atoms with Crippen LogP contribution in [0.25, 0.3) is 0 Å². The standard InChI is InChI=1S/C9H12N6OS2/c1-5-6(2-7(18-5)8(16)13-10)3-17-9-14-12-4-15(9)11/h2,4H,3,10-11H2,1H3,(H,13,16). The van der Waals surface area contributed by atoms with Crippen molar-refractivity contribution in [1.29, 1.82) is 0 Å². The quantitative estimate of drug-likeness (QED) is 0.321. The predicted octanol–water partition coefficient (Wildman–Crippen LogP) is 0.258. The van der Waals surface area contributed by atoms with Crippen LogP contribution in [0.1, 0.15) is 20.1 Å². The third-order valence-electron chi connectivity index (χ3n) is 2.27. The van der Waals surface area contributed by atoms with E-state index in [0.29, 0.717) is 15.8 Å². The van der Waals surface area contributed by atoms with E-state index in [9.17, 15) is 4.79 Å². The van der Waals surface area contributed by atoms with Crippen molar-refractivity contribution in [2.45, 2.75) is 17.8 Å². The topological polar surface area (TPSA) is 112 Å². The van der Waals surface area contributed by atoms with Crippen LogP contribution in [0, 0.1) is 6.92 Å². The molecule has 2 heterocycles. The molecule has 0 bridgehead atoms. The normalized spacial score (nSPS) is 10.6. The first-order chi connectivity index (χ1) is 8.61. The molecule has 18 heavy (non-hydrogen) atoms. The summed E-state index contributed by atoms with van der Waals surface area (Å²) < 4.78 is 1.36. The summed E-state index contributed by atoms with van der Waals surface area (Å²) in [6.07, 6.45) is 1.44. The highest BCUT2D eigenvalue weighted by Crippen LogP contribution is 2.27. The smallest absolute Gasteiger partial charge is 0.275 e. The van der Waals surface area contributed by atoms with Crippen LogP contribution in [-0.4, -0.2) is 20.8 Å². The summed E-state index contributed by atoms with van der Waals surface area (Å²) in [6.45, 7) is 1.96. The Kier molecular flexibility index (Phi) is 3.84. The zero-order valence-corrected chi connectivity index (χ0v) is 11.2. The molecule has 0 fully saturated rings. The van der Waals surface area contributed by atoms with Crippen molar-refractivity contribution in [3.63, 3.8) is 0 Å². The van der Waals surface area contributed by atoms with Crippen molar-refractivity contribution in [2.75, 3.05) is 5.84 Å². The molecule has 7 nitrogen and oxygen atoms in total. The molecule has 2 rings (SSSR count). The molecule has 9 heteroatoms. The van der Waals surface area contributed by atoms with E-state index in [1.165, 1.54) is 34.1 Å². The van der Waals surface area contributed by atoms with Gasteiger partial charge in [0, 0.05) is 10.6 Å². The van der Waals surface area contributed by atoms with E-state index in [0.717, 1.165) is 10.4 Å². The van der Waals surface area contributed by atoms with Crippen LogP contribution in [0.4, 0.5) is 0 Å². The minimum absolute atomic E-state index is 0.277. The highest BCUT2D eigenvalue weighted by molar-refractivity contribution is 7.98. The highest BCUT2D eigenvalue weighted by Gasteiger charge is 2.12. The number of nitrogens with zero attached hydrogens (tertiary/aromatic N) is 3. The summed E-state index contributed by atoms with van der Waals surface area (Å²) in [5.74, 6) is 11.1. The Balaban J connectivity index is 2.08. The van der Waals surface area contributed by atoms with Crippen LogP contribution >= 0.6 is 23.1 Å². The number of hydrogen-bond donors (Lipinski definition) is 3. The second-order valence-corrected chi connectivity index (χ2v) is 5.67. The number of hydrogen-bond acceptors (Lipinski definition) is 7. The number of aromatic nitrogens is 3. The van der Waals surface area contributed by atoms with Gasteiger partial charge in [0.05, 0.1) is 4.88 Å². The van der Waals surface area contributed by atoms with Crippen molar-refractivity contribution in [3.05, 3.63) is 27.7 Å². The largest absolute Gasteiger partial charge is 0.336 e. The van der Waals surface area contributed by atoms with E-state index in [1.54, 1.807) is 0 Å². The molecule has 0 aliphatic heterocycles. The van der Waals surface area contributed by atoms with E-state index < -0.39 is 0 Å². The van der Waals surface area contributed by atoms with Gasteiger partial charge in [0.2, 0.25) is 5.16 Å². The molecule has 0 unspecified atom stereocenters. The van der Waals surface area contributed by atoms with Crippen molar-refractivity contribution >= 4 is 29.0 Å². The number of carbonyl (C=O) groups excluding carboxylic acids is 1. The van der Waals surface area contributed by atoms with Gasteiger partial charge in [-0.2, -0.15) is 0 Å². The van der Waals surface area contributed by atoms with Gasteiger partial charge in [0.25, 0.3) is 5.91 Å². The number of carbonyl (C=O) groups is 1. The fraction of sp³-hybridized carbons (Fsp3) is 0.222. The average molecular weight is 284 g/mol. The maximum absolute atomic E-state index is 11.4. The lowest BCUT2D eigenvalue weighted by molar-refractivity contribution is 0.0957. The number of nitrogens with two attached hydrogens (primary N) is 2. The van der Waals surface area contributed by atoms with Crippen LogP contribution < -0.4 is 17.1 Å². The lowest BCUT2D eigenvalue weighted by Crippen LogP contribution is -2.29. The van der Waals surface area contributed by atoms with Gasteiger partial charge in [-0.05, 0) is 18.6 Å². The number of rotatable bonds is 4. The molecule has 0 spiro atoms. The number of amides is 1. The molecular formula is C9H12N6OS2. The maximum atomic E-state index is 11.4. The lowest BCUT2D eigenvalue weighted by Gasteiger charge is -1.99. The predicted molar refractivity (Wildman–Crippen MR) is 70.4 cm³/mol. The van der Waals surface area contributed by atoms with E-state index in [1.807, 2.05) is 13.0 Å². The van der Waals surface area contributed by atoms with E-state index >= 15 is 0 Å². The Labute approximate surface area is 112 Å². The zero-order valence-electron chi connectivity index (χ0n) is 9.58. The Morgan fingerprint density at radius 1 is 1.67 bits per heavy atom. The molecule has 2 aromatic heterocycles. The summed E-state index contributed by atoms with van der Waals surface area (Å²) in [5.41, 5.74) is 3.18. The fourth-order valence-electron chi connectivity index (χ4n) is 1.32. The van der Waals surface area contributed by atoms with E-state index in [4.69, 9.17) is 11.7 Å². The van der Waals surface area contributed by atoms with Crippen molar-refractivity contribution in [2.24, 2.45) is 5.84 Å². The van der Waals surface area contributed by atoms with Crippen molar-refractivity contribution in [3.8, 4) is 0 Å². The third kappa shape index (κ3) is 2.63. The molecule has 0 aliphatic carbocycles. The SMILES string of the molecule is Cc1sc(C(=O)NN)cc1CSc1nncn1N. The van der Waals surface area contributed by atoms with Crippen LogP contribution in [0.3, 0.4) is 0 Å².